The van der Waals surface area contributed by atoms with Crippen molar-refractivity contribution in [3.63, 3.8) is 0 Å². The van der Waals surface area contributed by atoms with E-state index in [0.29, 0.717) is 5.82 Å². The summed E-state index contributed by atoms with van der Waals surface area (Å²) in [6.45, 7) is -0.0560. The molecule has 0 bridgehead atoms. The smallest absolute Gasteiger partial charge is 0.263 e. The van der Waals surface area contributed by atoms with Crippen molar-refractivity contribution in [3.8, 4) is 11.4 Å². The molecule has 0 aliphatic rings. The maximum atomic E-state index is 11.8. The molecule has 2 aromatic carbocycles. The number of hydrazone groups is 1. The van der Waals surface area contributed by atoms with Gasteiger partial charge in [-0.2, -0.15) is 9.90 Å². The SMILES string of the molecule is O=C(Cn1nnc(-c2ccccc2)n1)N/N=C/C=C/c1ccccc1. The molecule has 0 aliphatic heterocycles. The van der Waals surface area contributed by atoms with E-state index in [4.69, 9.17) is 0 Å². The maximum Gasteiger partial charge on any atom is 0.263 e. The summed E-state index contributed by atoms with van der Waals surface area (Å²) in [6, 6.07) is 19.3. The van der Waals surface area contributed by atoms with Crippen molar-refractivity contribution in [1.82, 2.24) is 25.6 Å². The van der Waals surface area contributed by atoms with Crippen LogP contribution < -0.4 is 5.43 Å². The molecule has 1 heterocycles. The summed E-state index contributed by atoms with van der Waals surface area (Å²) >= 11 is 0. The number of allylic oxidation sites excluding steroid dienone is 1. The van der Waals surface area contributed by atoms with Crippen molar-refractivity contribution in [2.24, 2.45) is 5.10 Å². The summed E-state index contributed by atoms with van der Waals surface area (Å²) in [5.41, 5.74) is 4.32. The van der Waals surface area contributed by atoms with Crippen molar-refractivity contribution in [2.45, 2.75) is 6.54 Å². The second-order valence-corrected chi connectivity index (χ2v) is 5.09. The van der Waals surface area contributed by atoms with Crippen molar-refractivity contribution in [3.05, 3.63) is 72.3 Å². The molecule has 0 fully saturated rings. The van der Waals surface area contributed by atoms with Crippen LogP contribution in [0.25, 0.3) is 17.5 Å². The van der Waals surface area contributed by atoms with Gasteiger partial charge in [-0.25, -0.2) is 5.43 Å². The van der Waals surface area contributed by atoms with E-state index in [9.17, 15) is 4.79 Å². The van der Waals surface area contributed by atoms with E-state index in [0.717, 1.165) is 11.1 Å². The molecule has 0 saturated heterocycles. The van der Waals surface area contributed by atoms with Gasteiger partial charge in [0.1, 0.15) is 6.54 Å². The molecule has 0 saturated carbocycles. The average Bonchev–Trinajstić information content (AvgIpc) is 3.11. The van der Waals surface area contributed by atoms with Gasteiger partial charge in [-0.1, -0.05) is 66.7 Å². The van der Waals surface area contributed by atoms with Crippen LogP contribution in [-0.4, -0.2) is 32.3 Å². The molecule has 3 rings (SSSR count). The van der Waals surface area contributed by atoms with Gasteiger partial charge in [0.25, 0.3) is 5.91 Å². The topological polar surface area (TPSA) is 85.1 Å². The first-order valence-electron chi connectivity index (χ1n) is 7.68. The van der Waals surface area contributed by atoms with E-state index in [-0.39, 0.29) is 12.5 Å². The quantitative estimate of drug-likeness (QED) is 0.554. The molecule has 0 aliphatic carbocycles. The Bertz CT molecular complexity index is 871. The number of tetrazole rings is 1. The first-order valence-corrected chi connectivity index (χ1v) is 7.68. The van der Waals surface area contributed by atoms with Gasteiger partial charge in [-0.05, 0) is 16.9 Å². The third kappa shape index (κ3) is 4.93. The predicted octanol–water partition coefficient (Wildman–Crippen LogP) is 2.16. The van der Waals surface area contributed by atoms with Crippen LogP contribution in [0.5, 0.6) is 0 Å². The van der Waals surface area contributed by atoms with Crippen molar-refractivity contribution < 1.29 is 4.79 Å². The number of amides is 1. The number of rotatable bonds is 6. The summed E-state index contributed by atoms with van der Waals surface area (Å²) in [6.07, 6.45) is 5.15. The van der Waals surface area contributed by atoms with Gasteiger partial charge in [-0.3, -0.25) is 4.79 Å². The molecule has 3 aromatic rings. The molecule has 7 nitrogen and oxygen atoms in total. The van der Waals surface area contributed by atoms with Crippen LogP contribution >= 0.6 is 0 Å². The van der Waals surface area contributed by atoms with E-state index in [1.54, 1.807) is 6.08 Å². The number of hydrogen-bond donors (Lipinski definition) is 1. The van der Waals surface area contributed by atoms with Gasteiger partial charge in [0.15, 0.2) is 0 Å². The zero-order valence-corrected chi connectivity index (χ0v) is 13.4. The van der Waals surface area contributed by atoms with E-state index in [2.05, 4.69) is 25.9 Å². The summed E-state index contributed by atoms with van der Waals surface area (Å²) in [4.78, 5) is 13.0. The molecule has 1 N–H and O–H groups in total. The number of nitrogens with zero attached hydrogens (tertiary/aromatic N) is 5. The normalized spacial score (nSPS) is 11.2. The summed E-state index contributed by atoms with van der Waals surface area (Å²) in [7, 11) is 0. The monoisotopic (exact) mass is 332 g/mol. The Hall–Kier alpha value is -3.61. The van der Waals surface area contributed by atoms with Gasteiger partial charge in [0, 0.05) is 11.8 Å². The van der Waals surface area contributed by atoms with Crippen LogP contribution in [0.4, 0.5) is 0 Å². The Balaban J connectivity index is 1.49. The minimum Gasteiger partial charge on any atom is -0.271 e. The lowest BCUT2D eigenvalue weighted by Gasteiger charge is -1.97. The first-order chi connectivity index (χ1) is 12.3. The Morgan fingerprint density at radius 1 is 1.08 bits per heavy atom. The van der Waals surface area contributed by atoms with Crippen molar-refractivity contribution in [1.29, 1.82) is 0 Å². The molecule has 25 heavy (non-hydrogen) atoms. The Kier molecular flexibility index (Phi) is 5.40. The molecule has 124 valence electrons. The van der Waals surface area contributed by atoms with Crippen LogP contribution in [0.3, 0.4) is 0 Å². The Morgan fingerprint density at radius 3 is 2.56 bits per heavy atom. The standard InChI is InChI=1S/C18H16N6O/c25-17(20-19-13-7-10-15-8-3-1-4-9-15)14-24-22-18(21-23-24)16-11-5-2-6-12-16/h1-13H,14H2,(H,20,25)/b10-7+,19-13+. The van der Waals surface area contributed by atoms with Crippen LogP contribution in [0.2, 0.25) is 0 Å². The molecule has 0 spiro atoms. The van der Waals surface area contributed by atoms with Gasteiger partial charge in [-0.15, -0.1) is 10.2 Å². The lowest BCUT2D eigenvalue weighted by molar-refractivity contribution is -0.122. The lowest BCUT2D eigenvalue weighted by Crippen LogP contribution is -2.24. The number of hydrogen-bond acceptors (Lipinski definition) is 5. The summed E-state index contributed by atoms with van der Waals surface area (Å²) < 4.78 is 0. The minimum absolute atomic E-state index is 0.0560. The predicted molar refractivity (Wildman–Crippen MR) is 95.4 cm³/mol. The minimum atomic E-state index is -0.332. The number of nitrogens with one attached hydrogen (secondary N) is 1. The van der Waals surface area contributed by atoms with Crippen molar-refractivity contribution in [2.75, 3.05) is 0 Å². The maximum absolute atomic E-state index is 11.8. The van der Waals surface area contributed by atoms with E-state index in [1.807, 2.05) is 66.7 Å². The molecule has 0 radical (unpaired) electrons. The fourth-order valence-electron chi connectivity index (χ4n) is 2.05. The highest BCUT2D eigenvalue weighted by Crippen LogP contribution is 2.11. The van der Waals surface area contributed by atoms with Gasteiger partial charge >= 0.3 is 0 Å². The number of aromatic nitrogens is 4. The zero-order valence-electron chi connectivity index (χ0n) is 13.4. The van der Waals surface area contributed by atoms with Crippen LogP contribution in [-0.2, 0) is 11.3 Å². The van der Waals surface area contributed by atoms with E-state index in [1.165, 1.54) is 11.0 Å². The highest BCUT2D eigenvalue weighted by molar-refractivity contribution is 5.81. The molecule has 7 heteroatoms. The number of benzene rings is 2. The second-order valence-electron chi connectivity index (χ2n) is 5.09. The van der Waals surface area contributed by atoms with Crippen LogP contribution in [0.1, 0.15) is 5.56 Å². The molecular weight excluding hydrogens is 316 g/mol. The van der Waals surface area contributed by atoms with E-state index >= 15 is 0 Å². The number of carbonyl (C=O) groups is 1. The Labute approximate surface area is 144 Å². The highest BCUT2D eigenvalue weighted by Gasteiger charge is 2.08. The third-order valence-corrected chi connectivity index (χ3v) is 3.21. The molecule has 1 amide bonds. The van der Waals surface area contributed by atoms with E-state index < -0.39 is 0 Å². The van der Waals surface area contributed by atoms with Crippen LogP contribution in [0.15, 0.2) is 71.8 Å². The molecular formula is C18H16N6O. The average molecular weight is 332 g/mol. The first kappa shape index (κ1) is 16.3. The molecule has 0 unspecified atom stereocenters. The highest BCUT2D eigenvalue weighted by atomic mass is 16.2. The van der Waals surface area contributed by atoms with Crippen molar-refractivity contribution >= 4 is 18.2 Å². The second kappa shape index (κ2) is 8.30. The van der Waals surface area contributed by atoms with Gasteiger partial charge < -0.3 is 0 Å². The molecule has 0 atom stereocenters. The van der Waals surface area contributed by atoms with Crippen LogP contribution in [0, 0.1) is 0 Å². The largest absolute Gasteiger partial charge is 0.271 e. The fourth-order valence-corrected chi connectivity index (χ4v) is 2.05. The summed E-state index contributed by atoms with van der Waals surface area (Å²) in [5, 5.41) is 15.8. The van der Waals surface area contributed by atoms with Gasteiger partial charge in [0.05, 0.1) is 0 Å². The summed E-state index contributed by atoms with van der Waals surface area (Å²) in [5.74, 6) is 0.143. The third-order valence-electron chi connectivity index (χ3n) is 3.21. The fraction of sp³-hybridized carbons (Fsp3) is 0.0556. The Morgan fingerprint density at radius 2 is 1.80 bits per heavy atom. The van der Waals surface area contributed by atoms with Gasteiger partial charge in [0.2, 0.25) is 5.82 Å². The molecule has 1 aromatic heterocycles. The lowest BCUT2D eigenvalue weighted by atomic mass is 10.2. The number of carbonyl (C=O) groups excluding carboxylic acids is 1. The zero-order chi connectivity index (χ0) is 17.3.